The van der Waals surface area contributed by atoms with Crippen LogP contribution < -0.4 is 0 Å². The number of carbonyl (C=O) groups is 2. The lowest BCUT2D eigenvalue weighted by Gasteiger charge is -2.44. The molecule has 1 atom stereocenters. The number of aromatic nitrogens is 1. The van der Waals surface area contributed by atoms with Gasteiger partial charge >= 0.3 is 0 Å². The van der Waals surface area contributed by atoms with Crippen molar-refractivity contribution in [2.45, 2.75) is 46.0 Å². The fourth-order valence-corrected chi connectivity index (χ4v) is 4.83. The van der Waals surface area contributed by atoms with Crippen molar-refractivity contribution in [2.24, 2.45) is 11.3 Å². The van der Waals surface area contributed by atoms with Crippen molar-refractivity contribution >= 4 is 11.8 Å². The number of hydrogen-bond donors (Lipinski definition) is 0. The highest BCUT2D eigenvalue weighted by Gasteiger charge is 2.44. The molecular formula is C26H35N3O2. The van der Waals surface area contributed by atoms with Gasteiger partial charge in [-0.25, -0.2) is 0 Å². The van der Waals surface area contributed by atoms with Crippen molar-refractivity contribution in [1.29, 1.82) is 0 Å². The molecule has 0 saturated carbocycles. The fourth-order valence-electron chi connectivity index (χ4n) is 4.83. The second-order valence-corrected chi connectivity index (χ2v) is 8.97. The maximum atomic E-state index is 13.4. The fraction of sp³-hybridized carbons (Fsp3) is 0.500. The predicted octanol–water partition coefficient (Wildman–Crippen LogP) is 4.42. The lowest BCUT2D eigenvalue weighted by atomic mass is 9.73. The van der Waals surface area contributed by atoms with Crippen LogP contribution >= 0.6 is 0 Å². The van der Waals surface area contributed by atoms with E-state index in [1.165, 1.54) is 0 Å². The van der Waals surface area contributed by atoms with Gasteiger partial charge in [0.1, 0.15) is 0 Å². The molecule has 0 aliphatic carbocycles. The Bertz CT molecular complexity index is 875. The van der Waals surface area contributed by atoms with Crippen molar-refractivity contribution < 1.29 is 9.59 Å². The summed E-state index contributed by atoms with van der Waals surface area (Å²) >= 11 is 0. The normalized spacial score (nSPS) is 18.8. The van der Waals surface area contributed by atoms with E-state index in [1.807, 2.05) is 31.1 Å². The van der Waals surface area contributed by atoms with E-state index in [0.717, 1.165) is 48.9 Å². The Morgan fingerprint density at radius 3 is 2.23 bits per heavy atom. The molecule has 1 fully saturated rings. The summed E-state index contributed by atoms with van der Waals surface area (Å²) in [7, 11) is 3.64. The lowest BCUT2D eigenvalue weighted by Crippen LogP contribution is -2.55. The Labute approximate surface area is 186 Å². The predicted molar refractivity (Wildman–Crippen MR) is 124 cm³/mol. The Balaban J connectivity index is 1.85. The average Bonchev–Trinajstić information content (AvgIpc) is 2.80. The monoisotopic (exact) mass is 421 g/mol. The lowest BCUT2D eigenvalue weighted by molar-refractivity contribution is -0.149. The summed E-state index contributed by atoms with van der Waals surface area (Å²) in [5, 5.41) is 0. The minimum atomic E-state index is -0.568. The first kappa shape index (κ1) is 23.0. The summed E-state index contributed by atoms with van der Waals surface area (Å²) in [5.74, 6) is 0.367. The van der Waals surface area contributed by atoms with Crippen LogP contribution in [0.1, 0.15) is 45.1 Å². The van der Waals surface area contributed by atoms with Gasteiger partial charge in [0.2, 0.25) is 11.8 Å². The summed E-state index contributed by atoms with van der Waals surface area (Å²) in [4.78, 5) is 34.2. The molecule has 0 N–H and O–H groups in total. The molecule has 2 aromatic rings. The average molecular weight is 422 g/mol. The number of benzene rings is 1. The molecule has 0 bridgehead atoms. The summed E-state index contributed by atoms with van der Waals surface area (Å²) < 4.78 is 0. The van der Waals surface area contributed by atoms with Crippen LogP contribution in [0.25, 0.3) is 11.1 Å². The first-order valence-electron chi connectivity index (χ1n) is 11.4. The minimum absolute atomic E-state index is 0.0462. The van der Waals surface area contributed by atoms with Crippen molar-refractivity contribution in [1.82, 2.24) is 14.8 Å². The summed E-state index contributed by atoms with van der Waals surface area (Å²) in [6.45, 7) is 5.39. The molecule has 2 amide bonds. The zero-order chi connectivity index (χ0) is 22.4. The smallest absolute Gasteiger partial charge is 0.230 e. The molecule has 0 unspecified atom stereocenters. The molecule has 1 saturated heterocycles. The quantitative estimate of drug-likeness (QED) is 0.665. The Hall–Kier alpha value is -2.69. The van der Waals surface area contributed by atoms with Crippen LogP contribution in [0.4, 0.5) is 0 Å². The van der Waals surface area contributed by atoms with Gasteiger partial charge in [0.25, 0.3) is 0 Å². The summed E-state index contributed by atoms with van der Waals surface area (Å²) in [5.41, 5.74) is 2.82. The van der Waals surface area contributed by atoms with E-state index in [0.29, 0.717) is 13.0 Å². The van der Waals surface area contributed by atoms with Crippen LogP contribution in [0.5, 0.6) is 0 Å². The highest BCUT2D eigenvalue weighted by molar-refractivity contribution is 5.85. The Kier molecular flexibility index (Phi) is 7.47. The number of hydrogen-bond acceptors (Lipinski definition) is 3. The standard InChI is InChI=1S/C26H35N3O2/c1-5-21(6-2)24(30)29-17-7-14-26(19-29,25(31)28(3)4)18-20-8-10-22(11-9-20)23-12-15-27-16-13-23/h8-13,15-16,21H,5-7,14,17-19H2,1-4H3/t26-/m0/s1. The zero-order valence-electron chi connectivity index (χ0n) is 19.3. The molecule has 1 aliphatic heterocycles. The number of likely N-dealkylation sites (tertiary alicyclic amines) is 1. The Morgan fingerprint density at radius 1 is 1.03 bits per heavy atom. The van der Waals surface area contributed by atoms with Gasteiger partial charge < -0.3 is 9.80 Å². The highest BCUT2D eigenvalue weighted by Crippen LogP contribution is 2.37. The van der Waals surface area contributed by atoms with Gasteiger partial charge in [-0.1, -0.05) is 38.1 Å². The second-order valence-electron chi connectivity index (χ2n) is 8.97. The van der Waals surface area contributed by atoms with Crippen LogP contribution in [-0.4, -0.2) is 53.8 Å². The summed E-state index contributed by atoms with van der Waals surface area (Å²) in [6.07, 6.45) is 7.59. The van der Waals surface area contributed by atoms with E-state index >= 15 is 0 Å². The van der Waals surface area contributed by atoms with Crippen molar-refractivity contribution in [3.63, 3.8) is 0 Å². The summed E-state index contributed by atoms with van der Waals surface area (Å²) in [6, 6.07) is 12.4. The molecule has 2 heterocycles. The van der Waals surface area contributed by atoms with Crippen LogP contribution in [0.2, 0.25) is 0 Å². The zero-order valence-corrected chi connectivity index (χ0v) is 19.3. The molecule has 31 heavy (non-hydrogen) atoms. The molecule has 1 aliphatic rings. The molecule has 0 radical (unpaired) electrons. The molecule has 5 heteroatoms. The molecule has 1 aromatic carbocycles. The van der Waals surface area contributed by atoms with Gasteiger partial charge in [-0.3, -0.25) is 14.6 Å². The van der Waals surface area contributed by atoms with E-state index in [-0.39, 0.29) is 17.7 Å². The van der Waals surface area contributed by atoms with Crippen LogP contribution in [0, 0.1) is 11.3 Å². The molecule has 0 spiro atoms. The van der Waals surface area contributed by atoms with Crippen molar-refractivity contribution in [2.75, 3.05) is 27.2 Å². The number of amides is 2. The second kappa shape index (κ2) is 10.1. The third-order valence-corrected chi connectivity index (χ3v) is 6.59. The van der Waals surface area contributed by atoms with Gasteiger partial charge in [0.15, 0.2) is 0 Å². The maximum Gasteiger partial charge on any atom is 0.230 e. The molecular weight excluding hydrogens is 386 g/mol. The third kappa shape index (κ3) is 5.15. The van der Waals surface area contributed by atoms with Gasteiger partial charge in [0, 0.05) is 45.5 Å². The van der Waals surface area contributed by atoms with E-state index in [1.54, 1.807) is 17.3 Å². The Morgan fingerprint density at radius 2 is 1.65 bits per heavy atom. The molecule has 1 aromatic heterocycles. The van der Waals surface area contributed by atoms with Gasteiger partial charge in [0.05, 0.1) is 5.41 Å². The topological polar surface area (TPSA) is 53.5 Å². The van der Waals surface area contributed by atoms with Crippen molar-refractivity contribution in [3.05, 3.63) is 54.4 Å². The van der Waals surface area contributed by atoms with E-state index in [2.05, 4.69) is 43.1 Å². The van der Waals surface area contributed by atoms with Crippen LogP contribution in [-0.2, 0) is 16.0 Å². The van der Waals surface area contributed by atoms with E-state index in [9.17, 15) is 9.59 Å². The molecule has 3 rings (SSSR count). The number of pyridine rings is 1. The van der Waals surface area contributed by atoms with Gasteiger partial charge in [-0.2, -0.15) is 0 Å². The maximum absolute atomic E-state index is 13.4. The third-order valence-electron chi connectivity index (χ3n) is 6.59. The van der Waals surface area contributed by atoms with E-state index in [4.69, 9.17) is 0 Å². The van der Waals surface area contributed by atoms with E-state index < -0.39 is 5.41 Å². The minimum Gasteiger partial charge on any atom is -0.348 e. The largest absolute Gasteiger partial charge is 0.348 e. The number of nitrogens with zero attached hydrogens (tertiary/aromatic N) is 3. The molecule has 166 valence electrons. The van der Waals surface area contributed by atoms with Crippen LogP contribution in [0.3, 0.4) is 0 Å². The number of rotatable bonds is 7. The van der Waals surface area contributed by atoms with Gasteiger partial charge in [-0.05, 0) is 60.9 Å². The molecule has 5 nitrogen and oxygen atoms in total. The highest BCUT2D eigenvalue weighted by atomic mass is 16.2. The first-order chi connectivity index (χ1) is 14.9. The first-order valence-corrected chi connectivity index (χ1v) is 11.4. The SMILES string of the molecule is CCC(CC)C(=O)N1CCC[C@@](Cc2ccc(-c3ccncc3)cc2)(C(=O)N(C)C)C1. The number of carbonyl (C=O) groups excluding carboxylic acids is 2. The number of piperidine rings is 1. The van der Waals surface area contributed by atoms with Gasteiger partial charge in [-0.15, -0.1) is 0 Å². The van der Waals surface area contributed by atoms with Crippen LogP contribution in [0.15, 0.2) is 48.8 Å². The van der Waals surface area contributed by atoms with Crippen molar-refractivity contribution in [3.8, 4) is 11.1 Å².